The van der Waals surface area contributed by atoms with Crippen LogP contribution < -0.4 is 10.2 Å². The van der Waals surface area contributed by atoms with Gasteiger partial charge in [-0.2, -0.15) is 0 Å². The van der Waals surface area contributed by atoms with Gasteiger partial charge in [-0.05, 0) is 53.8 Å². The Balaban J connectivity index is 1.32. The Kier molecular flexibility index (Phi) is 9.02. The Bertz CT molecular complexity index is 1520. The van der Waals surface area contributed by atoms with Crippen molar-refractivity contribution in [1.82, 2.24) is 25.1 Å². The first-order valence-electron chi connectivity index (χ1n) is 15.6. The van der Waals surface area contributed by atoms with Gasteiger partial charge in [0.15, 0.2) is 0 Å². The van der Waals surface area contributed by atoms with Crippen molar-refractivity contribution in [3.05, 3.63) is 108 Å². The highest BCUT2D eigenvalue weighted by Crippen LogP contribution is 2.30. The van der Waals surface area contributed by atoms with Crippen LogP contribution in [0.5, 0.6) is 5.75 Å². The molecule has 3 aliphatic rings. The van der Waals surface area contributed by atoms with Gasteiger partial charge in [-0.1, -0.05) is 60.7 Å². The van der Waals surface area contributed by atoms with Crippen LogP contribution in [-0.4, -0.2) is 87.7 Å². The molecule has 0 aromatic heterocycles. The molecule has 3 heterocycles. The van der Waals surface area contributed by atoms with Crippen LogP contribution in [0, 0.1) is 0 Å². The van der Waals surface area contributed by atoms with E-state index in [0.717, 1.165) is 35.5 Å². The van der Waals surface area contributed by atoms with Crippen molar-refractivity contribution in [3.63, 3.8) is 0 Å². The van der Waals surface area contributed by atoms with E-state index < -0.39 is 12.2 Å². The van der Waals surface area contributed by atoms with Crippen LogP contribution in [0.4, 0.5) is 10.5 Å². The van der Waals surface area contributed by atoms with Gasteiger partial charge in [-0.15, -0.1) is 6.58 Å². The molecule has 10 nitrogen and oxygen atoms in total. The number of urea groups is 1. The van der Waals surface area contributed by atoms with Crippen LogP contribution in [0.15, 0.2) is 91.5 Å². The summed E-state index contributed by atoms with van der Waals surface area (Å²) in [5, 5.41) is 16.2. The minimum Gasteiger partial charge on any atom is -0.508 e. The largest absolute Gasteiger partial charge is 0.508 e. The van der Waals surface area contributed by atoms with E-state index in [1.807, 2.05) is 42.5 Å². The number of phenolic OH excluding ortho intramolecular Hbond substituents is 1. The number of aromatic hydroxyl groups is 1. The van der Waals surface area contributed by atoms with Crippen LogP contribution >= 0.6 is 0 Å². The van der Waals surface area contributed by atoms with Gasteiger partial charge in [0.05, 0.1) is 13.1 Å². The number of piperazine rings is 1. The molecule has 3 aliphatic heterocycles. The Morgan fingerprint density at radius 1 is 0.933 bits per heavy atom. The molecule has 10 heteroatoms. The molecule has 234 valence electrons. The van der Waals surface area contributed by atoms with Crippen molar-refractivity contribution in [2.45, 2.75) is 44.6 Å². The third kappa shape index (κ3) is 6.66. The van der Waals surface area contributed by atoms with E-state index >= 15 is 0 Å². The fourth-order valence-electron chi connectivity index (χ4n) is 6.60. The molecule has 3 aromatic carbocycles. The molecule has 3 saturated heterocycles. The van der Waals surface area contributed by atoms with Gasteiger partial charge < -0.3 is 25.1 Å². The summed E-state index contributed by atoms with van der Waals surface area (Å²) in [6.07, 6.45) is 3.55. The number of hydrogen-bond donors (Lipinski definition) is 2. The van der Waals surface area contributed by atoms with E-state index in [2.05, 4.69) is 28.9 Å². The van der Waals surface area contributed by atoms with Crippen LogP contribution in [0.3, 0.4) is 0 Å². The first kappa shape index (κ1) is 30.2. The second-order valence-corrected chi connectivity index (χ2v) is 11.9. The fraction of sp³-hybridized carbons (Fsp3) is 0.343. The summed E-state index contributed by atoms with van der Waals surface area (Å²) in [7, 11) is 0. The van der Waals surface area contributed by atoms with E-state index in [4.69, 9.17) is 0 Å². The van der Waals surface area contributed by atoms with Crippen LogP contribution in [0.25, 0.3) is 0 Å². The zero-order valence-electron chi connectivity index (χ0n) is 25.4. The molecule has 2 atom stereocenters. The first-order chi connectivity index (χ1) is 21.9. The molecule has 0 radical (unpaired) electrons. The Hall–Kier alpha value is -4.83. The Morgan fingerprint density at radius 3 is 2.40 bits per heavy atom. The summed E-state index contributed by atoms with van der Waals surface area (Å²) in [5.41, 5.74) is 3.90. The Labute approximate surface area is 264 Å². The molecule has 6 rings (SSSR count). The number of hydrazine groups is 1. The second kappa shape index (κ2) is 13.4. The fourth-order valence-corrected chi connectivity index (χ4v) is 6.60. The molecular formula is C35H40N6O4. The molecule has 0 saturated carbocycles. The lowest BCUT2D eigenvalue weighted by molar-refractivity contribution is -0.189. The maximum atomic E-state index is 14.3. The monoisotopic (exact) mass is 608 g/mol. The first-order valence-corrected chi connectivity index (χ1v) is 15.6. The molecule has 0 bridgehead atoms. The average molecular weight is 609 g/mol. The van der Waals surface area contributed by atoms with Gasteiger partial charge in [0.25, 0.3) is 0 Å². The lowest BCUT2D eigenvalue weighted by Crippen LogP contribution is -2.76. The number of benzene rings is 3. The van der Waals surface area contributed by atoms with Gasteiger partial charge in [-0.25, -0.2) is 14.8 Å². The second-order valence-electron chi connectivity index (χ2n) is 11.9. The van der Waals surface area contributed by atoms with Crippen molar-refractivity contribution in [2.24, 2.45) is 0 Å². The van der Waals surface area contributed by atoms with Crippen molar-refractivity contribution >= 4 is 23.5 Å². The van der Waals surface area contributed by atoms with E-state index in [-0.39, 0.29) is 43.1 Å². The number of anilines is 1. The van der Waals surface area contributed by atoms with Gasteiger partial charge in [0.2, 0.25) is 11.8 Å². The van der Waals surface area contributed by atoms with Crippen molar-refractivity contribution in [3.8, 4) is 5.75 Å². The summed E-state index contributed by atoms with van der Waals surface area (Å²) in [6, 6.07) is 23.5. The lowest BCUT2D eigenvalue weighted by Gasteiger charge is -2.55. The average Bonchev–Trinajstić information content (AvgIpc) is 3.59. The van der Waals surface area contributed by atoms with E-state index in [9.17, 15) is 19.5 Å². The number of nitrogens with one attached hydrogen (secondary N) is 1. The van der Waals surface area contributed by atoms with E-state index in [1.165, 1.54) is 12.8 Å². The molecule has 2 N–H and O–H groups in total. The highest BCUT2D eigenvalue weighted by Gasteiger charge is 2.51. The number of carbonyl (C=O) groups excluding carboxylic acids is 3. The predicted molar refractivity (Wildman–Crippen MR) is 172 cm³/mol. The summed E-state index contributed by atoms with van der Waals surface area (Å²) < 4.78 is 0. The number of phenols is 1. The highest BCUT2D eigenvalue weighted by atomic mass is 16.3. The molecule has 3 aromatic rings. The molecule has 0 unspecified atom stereocenters. The molecule has 0 spiro atoms. The predicted octanol–water partition coefficient (Wildman–Crippen LogP) is 3.73. The van der Waals surface area contributed by atoms with Gasteiger partial charge >= 0.3 is 6.03 Å². The molecule has 4 amide bonds. The number of carbonyl (C=O) groups is 3. The summed E-state index contributed by atoms with van der Waals surface area (Å²) >= 11 is 0. The number of rotatable bonds is 9. The third-order valence-electron chi connectivity index (χ3n) is 8.79. The summed E-state index contributed by atoms with van der Waals surface area (Å²) in [5.74, 6) is -0.260. The molecule has 3 fully saturated rings. The smallest absolute Gasteiger partial charge is 0.334 e. The van der Waals surface area contributed by atoms with Crippen LogP contribution in [-0.2, 0) is 29.1 Å². The maximum Gasteiger partial charge on any atom is 0.334 e. The minimum atomic E-state index is -0.821. The standard InChI is InChI=1S/C35H40N6O4/c1-2-17-39-25-33(43)40-31(21-26-13-15-30(42)16-14-26)34(44)38(23-28-11-8-12-29(20-28)37-18-6-7-19-37)24-32(40)41(39)35(45)36-22-27-9-4-3-5-10-27/h2-5,8-16,20,31-32,42H,1,6-7,17-19,21-25H2,(H,36,45)/t31-,32-/m0/s1. The van der Waals surface area contributed by atoms with Crippen molar-refractivity contribution in [2.75, 3.05) is 37.6 Å². The van der Waals surface area contributed by atoms with Gasteiger partial charge in [-0.3, -0.25) is 9.59 Å². The zero-order chi connectivity index (χ0) is 31.3. The summed E-state index contributed by atoms with van der Waals surface area (Å²) in [4.78, 5) is 47.7. The van der Waals surface area contributed by atoms with E-state index in [1.54, 1.807) is 50.2 Å². The van der Waals surface area contributed by atoms with Gasteiger partial charge in [0, 0.05) is 44.8 Å². The zero-order valence-corrected chi connectivity index (χ0v) is 25.4. The molecular weight excluding hydrogens is 568 g/mol. The highest BCUT2D eigenvalue weighted by molar-refractivity contribution is 5.91. The molecule has 0 aliphatic carbocycles. The summed E-state index contributed by atoms with van der Waals surface area (Å²) in [6.45, 7) is 6.97. The van der Waals surface area contributed by atoms with Crippen LogP contribution in [0.1, 0.15) is 29.5 Å². The van der Waals surface area contributed by atoms with Crippen LogP contribution in [0.2, 0.25) is 0 Å². The van der Waals surface area contributed by atoms with E-state index in [0.29, 0.717) is 19.6 Å². The normalized spacial score (nSPS) is 20.4. The topological polar surface area (TPSA) is 99.7 Å². The van der Waals surface area contributed by atoms with Crippen molar-refractivity contribution in [1.29, 1.82) is 0 Å². The Morgan fingerprint density at radius 2 is 1.67 bits per heavy atom. The number of amides is 4. The SMILES string of the molecule is C=CCN1CC(=O)N2[C@@H](Cc3ccc(O)cc3)C(=O)N(Cc3cccc(N4CCCC4)c3)C[C@@H]2N1C(=O)NCc1ccccc1. The maximum absolute atomic E-state index is 14.3. The molecule has 45 heavy (non-hydrogen) atoms. The lowest BCUT2D eigenvalue weighted by atomic mass is 9.98. The van der Waals surface area contributed by atoms with Gasteiger partial charge in [0.1, 0.15) is 18.0 Å². The number of fused-ring (bicyclic) bond motifs is 1. The number of hydrogen-bond acceptors (Lipinski definition) is 6. The minimum absolute atomic E-state index is 0.0570. The third-order valence-corrected chi connectivity index (χ3v) is 8.79. The number of nitrogens with zero attached hydrogens (tertiary/aromatic N) is 5. The van der Waals surface area contributed by atoms with Crippen molar-refractivity contribution < 1.29 is 19.5 Å². The quantitative estimate of drug-likeness (QED) is 0.360.